The number of halogens is 1. The number of hydrazine groups is 2. The van der Waals surface area contributed by atoms with E-state index in [0.717, 1.165) is 35.8 Å². The summed E-state index contributed by atoms with van der Waals surface area (Å²) >= 11 is 8.01. The van der Waals surface area contributed by atoms with Crippen LogP contribution in [0.1, 0.15) is 12.8 Å². The summed E-state index contributed by atoms with van der Waals surface area (Å²) in [6.45, 7) is 1.51. The maximum absolute atomic E-state index is 12.5. The van der Waals surface area contributed by atoms with E-state index in [1.165, 1.54) is 0 Å². The summed E-state index contributed by atoms with van der Waals surface area (Å²) in [6, 6.07) is 8.68. The third kappa shape index (κ3) is 2.89. The van der Waals surface area contributed by atoms with E-state index in [0.29, 0.717) is 17.8 Å². The Balaban J connectivity index is 1.46. The minimum absolute atomic E-state index is 0.0433. The second-order valence-electron chi connectivity index (χ2n) is 5.93. The Morgan fingerprint density at radius 1 is 1.22 bits per heavy atom. The molecule has 0 aromatic heterocycles. The SMILES string of the molecule is O=C(C1=CNNN1)N1CC2CCC(C1)N2Sc1ccccc1Cl. The summed E-state index contributed by atoms with van der Waals surface area (Å²) < 4.78 is 2.43. The molecule has 3 heterocycles. The highest BCUT2D eigenvalue weighted by molar-refractivity contribution is 7.97. The lowest BCUT2D eigenvalue weighted by atomic mass is 10.2. The Labute approximate surface area is 144 Å². The Morgan fingerprint density at radius 2 is 1.96 bits per heavy atom. The van der Waals surface area contributed by atoms with E-state index in [2.05, 4.69) is 26.8 Å². The van der Waals surface area contributed by atoms with Crippen molar-refractivity contribution < 1.29 is 4.79 Å². The van der Waals surface area contributed by atoms with Gasteiger partial charge in [0, 0.05) is 36.3 Å². The topological polar surface area (TPSA) is 59.6 Å². The number of nitrogens with zero attached hydrogens (tertiary/aromatic N) is 2. The standard InChI is InChI=1S/C15H18ClN5OS/c16-12-3-1-2-4-14(12)23-21-10-5-6-11(21)9-20(8-10)15(22)13-7-17-19-18-13/h1-4,7,10-11,17-19H,5-6,8-9H2. The normalized spacial score (nSPS) is 26.7. The summed E-state index contributed by atoms with van der Waals surface area (Å²) in [7, 11) is 0. The molecule has 1 aromatic rings. The van der Waals surface area contributed by atoms with Crippen LogP contribution in [-0.4, -0.2) is 40.3 Å². The quantitative estimate of drug-likeness (QED) is 0.717. The van der Waals surface area contributed by atoms with Crippen LogP contribution in [0.4, 0.5) is 0 Å². The monoisotopic (exact) mass is 351 g/mol. The number of hydrogen-bond donors (Lipinski definition) is 3. The van der Waals surface area contributed by atoms with Crippen molar-refractivity contribution >= 4 is 29.5 Å². The smallest absolute Gasteiger partial charge is 0.273 e. The minimum Gasteiger partial charge on any atom is -0.334 e. The molecule has 6 nitrogen and oxygen atoms in total. The second kappa shape index (κ2) is 6.24. The van der Waals surface area contributed by atoms with Crippen LogP contribution in [0.2, 0.25) is 5.02 Å². The zero-order valence-electron chi connectivity index (χ0n) is 12.5. The number of nitrogens with one attached hydrogen (secondary N) is 3. The van der Waals surface area contributed by atoms with Crippen molar-refractivity contribution in [2.24, 2.45) is 0 Å². The molecule has 0 spiro atoms. The van der Waals surface area contributed by atoms with Crippen LogP contribution in [0.25, 0.3) is 0 Å². The fraction of sp³-hybridized carbons (Fsp3) is 0.400. The van der Waals surface area contributed by atoms with Crippen LogP contribution in [0, 0.1) is 0 Å². The molecule has 2 bridgehead atoms. The Bertz CT molecular complexity index is 641. The lowest BCUT2D eigenvalue weighted by Crippen LogP contribution is -2.53. The van der Waals surface area contributed by atoms with E-state index in [1.54, 1.807) is 18.1 Å². The second-order valence-corrected chi connectivity index (χ2v) is 7.38. The van der Waals surface area contributed by atoms with Crippen LogP contribution in [0.3, 0.4) is 0 Å². The summed E-state index contributed by atoms with van der Waals surface area (Å²) in [5.74, 6) is 0.0433. The van der Waals surface area contributed by atoms with Crippen LogP contribution in [0.15, 0.2) is 41.1 Å². The predicted octanol–water partition coefficient (Wildman–Crippen LogP) is 1.48. The van der Waals surface area contributed by atoms with Crippen molar-refractivity contribution in [3.05, 3.63) is 41.2 Å². The fourth-order valence-corrected chi connectivity index (χ4v) is 4.75. The minimum atomic E-state index is 0.0433. The zero-order valence-corrected chi connectivity index (χ0v) is 14.0. The number of rotatable bonds is 3. The Kier molecular flexibility index (Phi) is 4.11. The molecule has 0 aliphatic carbocycles. The molecule has 23 heavy (non-hydrogen) atoms. The number of benzene rings is 1. The molecule has 8 heteroatoms. The number of carbonyl (C=O) groups is 1. The number of likely N-dealkylation sites (tertiary alicyclic amines) is 1. The maximum Gasteiger partial charge on any atom is 0.273 e. The van der Waals surface area contributed by atoms with Gasteiger partial charge < -0.3 is 10.3 Å². The largest absolute Gasteiger partial charge is 0.334 e. The fourth-order valence-electron chi connectivity index (χ4n) is 3.34. The highest BCUT2D eigenvalue weighted by Gasteiger charge is 2.42. The zero-order chi connectivity index (χ0) is 15.8. The number of amides is 1. The van der Waals surface area contributed by atoms with Gasteiger partial charge in [0.05, 0.1) is 5.02 Å². The third-order valence-electron chi connectivity index (χ3n) is 4.46. The predicted molar refractivity (Wildman–Crippen MR) is 90.0 cm³/mol. The van der Waals surface area contributed by atoms with Crippen LogP contribution >= 0.6 is 23.5 Å². The molecule has 3 N–H and O–H groups in total. The maximum atomic E-state index is 12.5. The van der Waals surface area contributed by atoms with Crippen molar-refractivity contribution in [3.63, 3.8) is 0 Å². The molecule has 0 radical (unpaired) electrons. The molecule has 2 saturated heterocycles. The highest BCUT2D eigenvalue weighted by Crippen LogP contribution is 2.41. The van der Waals surface area contributed by atoms with Crippen molar-refractivity contribution in [2.75, 3.05) is 13.1 Å². The first-order valence-corrected chi connectivity index (χ1v) is 8.84. The van der Waals surface area contributed by atoms with Crippen molar-refractivity contribution in [1.29, 1.82) is 0 Å². The van der Waals surface area contributed by atoms with Gasteiger partial charge in [-0.15, -0.1) is 0 Å². The molecule has 3 aliphatic heterocycles. The van der Waals surface area contributed by atoms with Crippen LogP contribution in [-0.2, 0) is 4.79 Å². The first kappa shape index (κ1) is 15.1. The van der Waals surface area contributed by atoms with E-state index < -0.39 is 0 Å². The average Bonchev–Trinajstić information content (AvgIpc) is 3.16. The summed E-state index contributed by atoms with van der Waals surface area (Å²) in [5, 5.41) is 0.785. The van der Waals surface area contributed by atoms with Gasteiger partial charge in [0.15, 0.2) is 0 Å². The van der Waals surface area contributed by atoms with E-state index in [1.807, 2.05) is 23.1 Å². The lowest BCUT2D eigenvalue weighted by Gasteiger charge is -2.40. The van der Waals surface area contributed by atoms with Gasteiger partial charge in [0.25, 0.3) is 5.91 Å². The van der Waals surface area contributed by atoms with Gasteiger partial charge in [-0.1, -0.05) is 23.7 Å². The van der Waals surface area contributed by atoms with Crippen molar-refractivity contribution in [2.45, 2.75) is 29.8 Å². The summed E-state index contributed by atoms with van der Waals surface area (Å²) in [6.07, 6.45) is 3.90. The molecular formula is C15H18ClN5OS. The summed E-state index contributed by atoms with van der Waals surface area (Å²) in [5.41, 5.74) is 8.89. The molecule has 4 rings (SSSR count). The van der Waals surface area contributed by atoms with Gasteiger partial charge >= 0.3 is 0 Å². The molecule has 2 atom stereocenters. The van der Waals surface area contributed by atoms with Gasteiger partial charge in [-0.25, -0.2) is 4.31 Å². The number of piperazine rings is 1. The van der Waals surface area contributed by atoms with Gasteiger partial charge in [-0.3, -0.25) is 10.2 Å². The Morgan fingerprint density at radius 3 is 2.61 bits per heavy atom. The van der Waals surface area contributed by atoms with Crippen LogP contribution in [0.5, 0.6) is 0 Å². The van der Waals surface area contributed by atoms with E-state index in [-0.39, 0.29) is 5.91 Å². The van der Waals surface area contributed by atoms with Gasteiger partial charge in [-0.2, -0.15) is 5.53 Å². The first-order valence-electron chi connectivity index (χ1n) is 7.69. The highest BCUT2D eigenvalue weighted by atomic mass is 35.5. The lowest BCUT2D eigenvalue weighted by molar-refractivity contribution is -0.129. The van der Waals surface area contributed by atoms with Crippen LogP contribution < -0.4 is 16.4 Å². The van der Waals surface area contributed by atoms with Crippen molar-refractivity contribution in [3.8, 4) is 0 Å². The third-order valence-corrected chi connectivity index (χ3v) is 6.26. The molecule has 0 saturated carbocycles. The molecule has 2 fully saturated rings. The van der Waals surface area contributed by atoms with Gasteiger partial charge in [-0.05, 0) is 36.9 Å². The number of carbonyl (C=O) groups excluding carboxylic acids is 1. The van der Waals surface area contributed by atoms with Gasteiger partial charge in [0.2, 0.25) is 0 Å². The molecule has 3 aliphatic rings. The number of fused-ring (bicyclic) bond motifs is 2. The van der Waals surface area contributed by atoms with E-state index >= 15 is 0 Å². The molecular weight excluding hydrogens is 334 g/mol. The average molecular weight is 352 g/mol. The molecule has 1 aromatic carbocycles. The van der Waals surface area contributed by atoms with Crippen molar-refractivity contribution in [1.82, 2.24) is 25.6 Å². The number of hydrogen-bond acceptors (Lipinski definition) is 6. The molecule has 1 amide bonds. The van der Waals surface area contributed by atoms with E-state index in [4.69, 9.17) is 11.6 Å². The van der Waals surface area contributed by atoms with E-state index in [9.17, 15) is 4.79 Å². The molecule has 122 valence electrons. The van der Waals surface area contributed by atoms with Gasteiger partial charge in [0.1, 0.15) is 5.70 Å². The Hall–Kier alpha value is -1.41. The first-order chi connectivity index (χ1) is 11.2. The molecule has 2 unspecified atom stereocenters. The summed E-state index contributed by atoms with van der Waals surface area (Å²) in [4.78, 5) is 15.5.